The van der Waals surface area contributed by atoms with E-state index in [1.807, 2.05) is 35.7 Å². The number of benzene rings is 3. The zero-order valence-electron chi connectivity index (χ0n) is 18.2. The van der Waals surface area contributed by atoms with Gasteiger partial charge in [-0.2, -0.15) is 5.26 Å². The molecule has 0 N–H and O–H groups in total. The molecule has 7 heteroatoms. The largest absolute Gasteiger partial charge is 0.493 e. The van der Waals surface area contributed by atoms with Gasteiger partial charge >= 0.3 is 0 Å². The highest BCUT2D eigenvalue weighted by Crippen LogP contribution is 2.31. The average Bonchev–Trinajstić information content (AvgIpc) is 3.37. The van der Waals surface area contributed by atoms with E-state index in [2.05, 4.69) is 11.1 Å². The summed E-state index contributed by atoms with van der Waals surface area (Å²) in [6.45, 7) is -0.106. The molecule has 4 aromatic rings. The number of rotatable bonds is 8. The standard InChI is InChI=1S/C27H19ClN2O3S/c1-32-26-14-18(7-12-25(26)33-16-24(31)20-5-3-2-4-6-20)13-21(15-29)27-30-23(17-34-27)19-8-10-22(28)11-9-19/h2-14,17H,16H2,1H3. The van der Waals surface area contributed by atoms with E-state index < -0.39 is 0 Å². The molecule has 0 aliphatic rings. The molecular weight excluding hydrogens is 468 g/mol. The van der Waals surface area contributed by atoms with Gasteiger partial charge in [-0.1, -0.05) is 60.1 Å². The molecule has 0 spiro atoms. The number of carbonyl (C=O) groups is 1. The molecule has 3 aromatic carbocycles. The van der Waals surface area contributed by atoms with Crippen molar-refractivity contribution in [3.8, 4) is 28.8 Å². The number of ether oxygens (including phenoxy) is 2. The molecule has 0 radical (unpaired) electrons. The number of aromatic nitrogens is 1. The zero-order chi connectivity index (χ0) is 23.9. The maximum atomic E-state index is 12.3. The highest BCUT2D eigenvalue weighted by Gasteiger charge is 2.12. The first-order valence-corrected chi connectivity index (χ1v) is 11.6. The van der Waals surface area contributed by atoms with E-state index in [0.717, 1.165) is 16.8 Å². The smallest absolute Gasteiger partial charge is 0.200 e. The summed E-state index contributed by atoms with van der Waals surface area (Å²) < 4.78 is 11.1. The Kier molecular flexibility index (Phi) is 7.38. The van der Waals surface area contributed by atoms with Gasteiger partial charge in [0.05, 0.1) is 18.4 Å². The molecule has 5 nitrogen and oxygen atoms in total. The summed E-state index contributed by atoms with van der Waals surface area (Å²) in [4.78, 5) is 16.9. The number of halogens is 1. The van der Waals surface area contributed by atoms with Crippen LogP contribution in [0.15, 0.2) is 78.2 Å². The lowest BCUT2D eigenvalue weighted by molar-refractivity contribution is 0.0919. The monoisotopic (exact) mass is 486 g/mol. The number of thiazole rings is 1. The van der Waals surface area contributed by atoms with Crippen molar-refractivity contribution in [3.05, 3.63) is 99.3 Å². The molecule has 0 aliphatic heterocycles. The molecule has 1 aromatic heterocycles. The van der Waals surface area contributed by atoms with Crippen LogP contribution >= 0.6 is 22.9 Å². The van der Waals surface area contributed by atoms with Crippen LogP contribution in [0.3, 0.4) is 0 Å². The number of Topliss-reactive ketones (excluding diaryl/α,β-unsaturated/α-hetero) is 1. The topological polar surface area (TPSA) is 72.2 Å². The molecule has 168 valence electrons. The van der Waals surface area contributed by atoms with Gasteiger partial charge in [0, 0.05) is 21.5 Å². The van der Waals surface area contributed by atoms with Crippen LogP contribution in [0.4, 0.5) is 0 Å². The molecule has 0 unspecified atom stereocenters. The summed E-state index contributed by atoms with van der Waals surface area (Å²) in [5.41, 5.74) is 3.47. The van der Waals surface area contributed by atoms with Crippen molar-refractivity contribution in [2.24, 2.45) is 0 Å². The number of methoxy groups -OCH3 is 1. The Morgan fingerprint density at radius 3 is 2.56 bits per heavy atom. The Morgan fingerprint density at radius 1 is 1.09 bits per heavy atom. The molecule has 1 heterocycles. The van der Waals surface area contributed by atoms with Crippen molar-refractivity contribution in [1.29, 1.82) is 5.26 Å². The first-order valence-electron chi connectivity index (χ1n) is 10.3. The van der Waals surface area contributed by atoms with Crippen molar-refractivity contribution in [1.82, 2.24) is 4.98 Å². The van der Waals surface area contributed by atoms with E-state index in [-0.39, 0.29) is 12.4 Å². The predicted molar refractivity (Wildman–Crippen MR) is 135 cm³/mol. The van der Waals surface area contributed by atoms with Crippen LogP contribution < -0.4 is 9.47 Å². The highest BCUT2D eigenvalue weighted by atomic mass is 35.5. The molecule has 34 heavy (non-hydrogen) atoms. The van der Waals surface area contributed by atoms with Gasteiger partial charge in [0.1, 0.15) is 11.1 Å². The second-order valence-electron chi connectivity index (χ2n) is 7.20. The summed E-state index contributed by atoms with van der Waals surface area (Å²) >= 11 is 7.36. The number of ketones is 1. The van der Waals surface area contributed by atoms with Crippen LogP contribution in [0.2, 0.25) is 5.02 Å². The van der Waals surface area contributed by atoms with E-state index in [1.54, 1.807) is 48.5 Å². The van der Waals surface area contributed by atoms with Crippen LogP contribution in [0.1, 0.15) is 20.9 Å². The Hall–Kier alpha value is -3.92. The maximum Gasteiger partial charge on any atom is 0.200 e. The van der Waals surface area contributed by atoms with Gasteiger partial charge in [0.15, 0.2) is 23.9 Å². The van der Waals surface area contributed by atoms with E-state index in [1.165, 1.54) is 18.4 Å². The molecular formula is C27H19ClN2O3S. The van der Waals surface area contributed by atoms with Crippen LogP contribution in [-0.2, 0) is 0 Å². The van der Waals surface area contributed by atoms with Crippen molar-refractivity contribution in [2.75, 3.05) is 13.7 Å². The van der Waals surface area contributed by atoms with Gasteiger partial charge in [0.2, 0.25) is 0 Å². The Labute approximate surface area is 206 Å². The molecule has 0 aliphatic carbocycles. The average molecular weight is 487 g/mol. The Balaban J connectivity index is 1.52. The molecule has 0 saturated carbocycles. The Morgan fingerprint density at radius 2 is 1.85 bits per heavy atom. The minimum absolute atomic E-state index is 0.106. The third-order valence-electron chi connectivity index (χ3n) is 4.95. The zero-order valence-corrected chi connectivity index (χ0v) is 19.8. The lowest BCUT2D eigenvalue weighted by Crippen LogP contribution is -2.11. The fourth-order valence-electron chi connectivity index (χ4n) is 3.20. The van der Waals surface area contributed by atoms with Crippen molar-refractivity contribution < 1.29 is 14.3 Å². The third-order valence-corrected chi connectivity index (χ3v) is 6.08. The number of nitrogens with zero attached hydrogens (tertiary/aromatic N) is 2. The molecule has 0 amide bonds. The summed E-state index contributed by atoms with van der Waals surface area (Å²) in [7, 11) is 1.53. The van der Waals surface area contributed by atoms with E-state index in [4.69, 9.17) is 21.1 Å². The minimum atomic E-state index is -0.126. The summed E-state index contributed by atoms with van der Waals surface area (Å²) in [6.07, 6.45) is 1.74. The third kappa shape index (κ3) is 5.52. The van der Waals surface area contributed by atoms with Crippen LogP contribution in [0.5, 0.6) is 11.5 Å². The summed E-state index contributed by atoms with van der Waals surface area (Å²) in [6, 6.07) is 23.9. The number of hydrogen-bond acceptors (Lipinski definition) is 6. The van der Waals surface area contributed by atoms with Crippen LogP contribution in [0.25, 0.3) is 22.9 Å². The minimum Gasteiger partial charge on any atom is -0.493 e. The van der Waals surface area contributed by atoms with Crippen LogP contribution in [-0.4, -0.2) is 24.5 Å². The predicted octanol–water partition coefficient (Wildman–Crippen LogP) is 6.80. The first kappa shape index (κ1) is 23.2. The van der Waals surface area contributed by atoms with Gasteiger partial charge in [-0.3, -0.25) is 4.79 Å². The number of carbonyl (C=O) groups excluding carboxylic acids is 1. The summed E-state index contributed by atoms with van der Waals surface area (Å²) in [5, 5.41) is 12.9. The second kappa shape index (κ2) is 10.8. The van der Waals surface area contributed by atoms with Crippen molar-refractivity contribution in [2.45, 2.75) is 0 Å². The van der Waals surface area contributed by atoms with E-state index >= 15 is 0 Å². The molecule has 0 saturated heterocycles. The highest BCUT2D eigenvalue weighted by molar-refractivity contribution is 7.11. The maximum absolute atomic E-state index is 12.3. The summed E-state index contributed by atoms with van der Waals surface area (Å²) in [5.74, 6) is 0.785. The lowest BCUT2D eigenvalue weighted by Gasteiger charge is -2.11. The normalized spacial score (nSPS) is 11.0. The number of hydrogen-bond donors (Lipinski definition) is 0. The molecule has 4 rings (SSSR count). The molecule has 0 atom stereocenters. The van der Waals surface area contributed by atoms with Gasteiger partial charge in [0.25, 0.3) is 0 Å². The SMILES string of the molecule is COc1cc(C=C(C#N)c2nc(-c3ccc(Cl)cc3)cs2)ccc1OCC(=O)c1ccccc1. The van der Waals surface area contributed by atoms with Gasteiger partial charge in [-0.25, -0.2) is 4.98 Å². The van der Waals surface area contributed by atoms with Crippen molar-refractivity contribution in [3.63, 3.8) is 0 Å². The lowest BCUT2D eigenvalue weighted by atomic mass is 10.1. The van der Waals surface area contributed by atoms with Gasteiger partial charge in [-0.15, -0.1) is 11.3 Å². The quantitative estimate of drug-likeness (QED) is 0.202. The fourth-order valence-corrected chi connectivity index (χ4v) is 4.12. The van der Waals surface area contributed by atoms with Gasteiger partial charge in [-0.05, 0) is 35.9 Å². The second-order valence-corrected chi connectivity index (χ2v) is 8.50. The first-order chi connectivity index (χ1) is 16.6. The van der Waals surface area contributed by atoms with Crippen LogP contribution in [0, 0.1) is 11.3 Å². The van der Waals surface area contributed by atoms with E-state index in [9.17, 15) is 10.1 Å². The number of allylic oxidation sites excluding steroid dienone is 1. The van der Waals surface area contributed by atoms with Gasteiger partial charge < -0.3 is 9.47 Å². The fraction of sp³-hybridized carbons (Fsp3) is 0.0741. The number of nitriles is 1. The molecule has 0 bridgehead atoms. The van der Waals surface area contributed by atoms with Crippen molar-refractivity contribution >= 4 is 40.4 Å². The Bertz CT molecular complexity index is 1370. The van der Waals surface area contributed by atoms with E-state index in [0.29, 0.717) is 32.7 Å². The molecule has 0 fully saturated rings.